The molecule has 0 spiro atoms. The molecule has 0 saturated heterocycles. The number of benzene rings is 3. The monoisotopic (exact) mass is 592 g/mol. The minimum Gasteiger partial charge on any atom is -0.487 e. The van der Waals surface area contributed by atoms with Gasteiger partial charge in [0.25, 0.3) is 0 Å². The van der Waals surface area contributed by atoms with E-state index < -0.39 is 10.8 Å². The van der Waals surface area contributed by atoms with Gasteiger partial charge in [0.1, 0.15) is 41.8 Å². The number of rotatable bonds is 11. The highest BCUT2D eigenvalue weighted by Gasteiger charge is 2.22. The summed E-state index contributed by atoms with van der Waals surface area (Å²) >= 11 is 6.50. The van der Waals surface area contributed by atoms with Crippen molar-refractivity contribution >= 4 is 44.8 Å². The molecular formula is C31H30ClFN4O3S. The van der Waals surface area contributed by atoms with Crippen LogP contribution in [0, 0.1) is 5.82 Å². The van der Waals surface area contributed by atoms with Crippen LogP contribution in [0.25, 0.3) is 22.2 Å². The summed E-state index contributed by atoms with van der Waals surface area (Å²) in [6, 6.07) is 21.3. The minimum atomic E-state index is -0.967. The first kappa shape index (κ1) is 28.7. The van der Waals surface area contributed by atoms with Crippen molar-refractivity contribution in [2.75, 3.05) is 30.9 Å². The van der Waals surface area contributed by atoms with Gasteiger partial charge in [-0.1, -0.05) is 30.7 Å². The Kier molecular flexibility index (Phi) is 8.97. The summed E-state index contributed by atoms with van der Waals surface area (Å²) in [5.41, 5.74) is 3.07. The zero-order valence-electron chi connectivity index (χ0n) is 22.9. The lowest BCUT2D eigenvalue weighted by Gasteiger charge is -2.24. The lowest BCUT2D eigenvalue weighted by atomic mass is 10.1. The normalized spacial score (nSPS) is 12.9. The van der Waals surface area contributed by atoms with Gasteiger partial charge in [-0.15, -0.1) is 0 Å². The van der Waals surface area contributed by atoms with Gasteiger partial charge in [0.15, 0.2) is 0 Å². The van der Waals surface area contributed by atoms with Crippen LogP contribution in [0.5, 0.6) is 5.75 Å². The second kappa shape index (κ2) is 12.8. The van der Waals surface area contributed by atoms with Crippen molar-refractivity contribution in [2.24, 2.45) is 0 Å². The Hall–Kier alpha value is -3.79. The first-order valence-corrected chi connectivity index (χ1v) is 15.2. The second-order valence-electron chi connectivity index (χ2n) is 9.67. The van der Waals surface area contributed by atoms with E-state index in [1.807, 2.05) is 43.4 Å². The predicted molar refractivity (Wildman–Crippen MR) is 163 cm³/mol. The molecule has 5 aromatic rings. The maximum absolute atomic E-state index is 13.5. The first-order chi connectivity index (χ1) is 19.8. The van der Waals surface area contributed by atoms with Crippen LogP contribution >= 0.6 is 11.6 Å². The van der Waals surface area contributed by atoms with Crippen LogP contribution < -0.4 is 10.1 Å². The van der Waals surface area contributed by atoms with Gasteiger partial charge >= 0.3 is 0 Å². The number of anilines is 2. The fraction of sp³-hybridized carbons (Fsp3) is 0.226. The number of fused-ring (bicyclic) bond motifs is 1. The van der Waals surface area contributed by atoms with Crippen LogP contribution in [0.3, 0.4) is 0 Å². The highest BCUT2D eigenvalue weighted by atomic mass is 35.5. The number of halogens is 2. The molecule has 0 aliphatic heterocycles. The fourth-order valence-electron chi connectivity index (χ4n) is 4.49. The van der Waals surface area contributed by atoms with Gasteiger partial charge in [-0.2, -0.15) is 0 Å². The summed E-state index contributed by atoms with van der Waals surface area (Å²) in [6.07, 6.45) is 3.21. The summed E-state index contributed by atoms with van der Waals surface area (Å²) in [6.45, 7) is 3.07. The molecule has 1 unspecified atom stereocenters. The maximum Gasteiger partial charge on any atom is 0.141 e. The van der Waals surface area contributed by atoms with Gasteiger partial charge in [-0.25, -0.2) is 14.4 Å². The van der Waals surface area contributed by atoms with Gasteiger partial charge in [0.05, 0.1) is 16.6 Å². The highest BCUT2D eigenvalue weighted by molar-refractivity contribution is 7.84. The van der Waals surface area contributed by atoms with Crippen molar-refractivity contribution in [3.05, 3.63) is 101 Å². The van der Waals surface area contributed by atoms with Crippen molar-refractivity contribution < 1.29 is 17.8 Å². The number of furan rings is 1. The van der Waals surface area contributed by atoms with E-state index in [4.69, 9.17) is 20.8 Å². The van der Waals surface area contributed by atoms with Crippen molar-refractivity contribution in [1.82, 2.24) is 14.9 Å². The van der Waals surface area contributed by atoms with Crippen LogP contribution in [0.15, 0.2) is 83.5 Å². The summed E-state index contributed by atoms with van der Waals surface area (Å²) in [5.74, 6) is 2.76. The molecule has 0 amide bonds. The lowest BCUT2D eigenvalue weighted by Crippen LogP contribution is -2.28. The van der Waals surface area contributed by atoms with E-state index in [9.17, 15) is 8.60 Å². The van der Waals surface area contributed by atoms with E-state index in [1.54, 1.807) is 30.5 Å². The zero-order valence-corrected chi connectivity index (χ0v) is 24.5. The van der Waals surface area contributed by atoms with E-state index in [-0.39, 0.29) is 18.5 Å². The van der Waals surface area contributed by atoms with E-state index in [2.05, 4.69) is 27.1 Å². The van der Waals surface area contributed by atoms with Crippen LogP contribution in [-0.2, 0) is 17.4 Å². The molecule has 0 saturated carbocycles. The van der Waals surface area contributed by atoms with Gasteiger partial charge in [0, 0.05) is 39.4 Å². The molecule has 10 heteroatoms. The molecule has 2 aromatic heterocycles. The largest absolute Gasteiger partial charge is 0.487 e. The predicted octanol–water partition coefficient (Wildman–Crippen LogP) is 7.38. The van der Waals surface area contributed by atoms with Crippen molar-refractivity contribution in [2.45, 2.75) is 19.6 Å². The van der Waals surface area contributed by atoms with Gasteiger partial charge in [-0.3, -0.25) is 9.11 Å². The van der Waals surface area contributed by atoms with Crippen LogP contribution in [0.4, 0.5) is 15.9 Å². The number of hydrogen-bond donors (Lipinski definition) is 1. The van der Waals surface area contributed by atoms with Gasteiger partial charge < -0.3 is 14.5 Å². The van der Waals surface area contributed by atoms with Crippen molar-refractivity contribution in [1.29, 1.82) is 0 Å². The Bertz CT molecular complexity index is 1700. The summed E-state index contributed by atoms with van der Waals surface area (Å²) < 4.78 is 37.5. The van der Waals surface area contributed by atoms with Gasteiger partial charge in [0.2, 0.25) is 0 Å². The molecular weight excluding hydrogens is 563 g/mol. The minimum absolute atomic E-state index is 0.0776. The van der Waals surface area contributed by atoms with E-state index in [0.29, 0.717) is 33.7 Å². The number of hydrogen-bond acceptors (Lipinski definition) is 7. The SMILES string of the molecule is CCN(C)C(C[S@@](C)=O)c1ccc(-c2ccc3ncnc(Nc4ccc(OCc5cccc(F)c5)c(Cl)c4)c3c2)o1. The molecule has 0 aliphatic rings. The Morgan fingerprint density at radius 1 is 1.10 bits per heavy atom. The summed E-state index contributed by atoms with van der Waals surface area (Å²) in [4.78, 5) is 11.0. The van der Waals surface area contributed by atoms with Gasteiger partial charge in [-0.05, 0) is 79.8 Å². The molecule has 41 heavy (non-hydrogen) atoms. The molecule has 0 radical (unpaired) electrons. The average Bonchev–Trinajstić information content (AvgIpc) is 3.45. The van der Waals surface area contributed by atoms with E-state index >= 15 is 0 Å². The van der Waals surface area contributed by atoms with Crippen LogP contribution in [-0.4, -0.2) is 44.7 Å². The highest BCUT2D eigenvalue weighted by Crippen LogP contribution is 2.34. The number of nitrogens with one attached hydrogen (secondary N) is 1. The first-order valence-electron chi connectivity index (χ1n) is 13.1. The molecule has 2 atom stereocenters. The molecule has 5 rings (SSSR count). The third-order valence-electron chi connectivity index (χ3n) is 6.78. The maximum atomic E-state index is 13.5. The van der Waals surface area contributed by atoms with Crippen LogP contribution in [0.1, 0.15) is 24.3 Å². The molecule has 0 bridgehead atoms. The lowest BCUT2D eigenvalue weighted by molar-refractivity contribution is 0.247. The Labute approximate surface area is 245 Å². The quantitative estimate of drug-likeness (QED) is 0.171. The smallest absolute Gasteiger partial charge is 0.141 e. The topological polar surface area (TPSA) is 80.5 Å². The molecule has 1 N–H and O–H groups in total. The third kappa shape index (κ3) is 6.93. The number of nitrogens with zero attached hydrogens (tertiary/aromatic N) is 3. The molecule has 0 fully saturated rings. The second-order valence-corrected chi connectivity index (χ2v) is 11.6. The standard InChI is InChI=1S/C31H30ClFN4O3S/c1-4-37(2)27(18-41(3)38)30-13-12-28(40-30)21-8-10-26-24(15-21)31(35-19-34-26)36-23-9-11-29(25(32)16-23)39-17-20-6-5-7-22(33)14-20/h5-16,19,27H,4,17-18H2,1-3H3,(H,34,35,36)/t27?,41-/m1/s1. The molecule has 2 heterocycles. The van der Waals surface area contributed by atoms with Crippen molar-refractivity contribution in [3.8, 4) is 17.1 Å². The average molecular weight is 593 g/mol. The van der Waals surface area contributed by atoms with Crippen LogP contribution in [0.2, 0.25) is 5.02 Å². The third-order valence-corrected chi connectivity index (χ3v) is 7.86. The molecule has 3 aromatic carbocycles. The summed E-state index contributed by atoms with van der Waals surface area (Å²) in [5, 5.41) is 4.55. The Balaban J connectivity index is 1.37. The Morgan fingerprint density at radius 3 is 2.71 bits per heavy atom. The Morgan fingerprint density at radius 2 is 1.95 bits per heavy atom. The molecule has 7 nitrogen and oxygen atoms in total. The zero-order chi connectivity index (χ0) is 28.9. The fourth-order valence-corrected chi connectivity index (χ4v) is 5.58. The summed E-state index contributed by atoms with van der Waals surface area (Å²) in [7, 11) is 1.03. The number of aromatic nitrogens is 2. The van der Waals surface area contributed by atoms with E-state index in [1.165, 1.54) is 18.5 Å². The molecule has 0 aliphatic carbocycles. The number of ether oxygens (including phenoxy) is 1. The van der Waals surface area contributed by atoms with E-state index in [0.717, 1.165) is 34.5 Å². The molecule has 212 valence electrons. The van der Waals surface area contributed by atoms with Crippen molar-refractivity contribution in [3.63, 3.8) is 0 Å².